The number of allylic oxidation sites excluding steroid dienone is 4. The second kappa shape index (κ2) is 16.9. The van der Waals surface area contributed by atoms with E-state index in [-0.39, 0.29) is 21.7 Å². The van der Waals surface area contributed by atoms with E-state index in [2.05, 4.69) is 48.0 Å². The summed E-state index contributed by atoms with van der Waals surface area (Å²) in [5.41, 5.74) is 9.82. The third kappa shape index (κ3) is 10.6. The Balaban J connectivity index is 0.000000243. The van der Waals surface area contributed by atoms with Crippen LogP contribution in [0.15, 0.2) is 113 Å². The van der Waals surface area contributed by atoms with E-state index in [0.29, 0.717) is 0 Å². The standard InChI is InChI=1S/C13H19.3C7H7.Ti/c1-4-11-9(2)12-7-5-6-8-13(12)10(11)3;3*1-7-5-3-2-4-6-7;/h7,10H,4-6,8H2,1-3H3;3*2-6H,1H2;/q4*-1;+4. The van der Waals surface area contributed by atoms with Crippen molar-refractivity contribution in [2.75, 3.05) is 0 Å². The van der Waals surface area contributed by atoms with E-state index in [0.717, 1.165) is 22.6 Å². The van der Waals surface area contributed by atoms with E-state index in [4.69, 9.17) is 0 Å². The molecule has 180 valence electrons. The first-order valence-electron chi connectivity index (χ1n) is 12.3. The average molecular weight is 497 g/mol. The van der Waals surface area contributed by atoms with Crippen LogP contribution in [0.25, 0.3) is 0 Å². The summed E-state index contributed by atoms with van der Waals surface area (Å²) >= 11 is 0. The van der Waals surface area contributed by atoms with Crippen LogP contribution in [0.3, 0.4) is 0 Å². The molecule has 1 atom stereocenters. The van der Waals surface area contributed by atoms with Gasteiger partial charge in [-0.3, -0.25) is 0 Å². The van der Waals surface area contributed by atoms with E-state index in [1.54, 1.807) is 22.3 Å². The minimum atomic E-state index is 0. The SMILES string of the molecule is CCC1=C(C)C2=C(CCC[CH-]2)C1C.[CH2-]c1ccccc1.[CH2-]c1ccccc1.[CH2-]c1ccccc1.[Ti+4]. The van der Waals surface area contributed by atoms with Crippen LogP contribution in [0.5, 0.6) is 0 Å². The first-order valence-corrected chi connectivity index (χ1v) is 12.3. The number of hydrogen-bond donors (Lipinski definition) is 0. The maximum Gasteiger partial charge on any atom is 4.00 e. The van der Waals surface area contributed by atoms with Crippen LogP contribution < -0.4 is 0 Å². The van der Waals surface area contributed by atoms with Gasteiger partial charge < -0.3 is 0 Å². The van der Waals surface area contributed by atoms with Crippen LogP contribution in [0, 0.1) is 33.1 Å². The van der Waals surface area contributed by atoms with Crippen molar-refractivity contribution in [1.82, 2.24) is 0 Å². The van der Waals surface area contributed by atoms with E-state index in [1.807, 2.05) is 91.0 Å². The van der Waals surface area contributed by atoms with Gasteiger partial charge in [0.2, 0.25) is 0 Å². The fourth-order valence-electron chi connectivity index (χ4n) is 4.36. The van der Waals surface area contributed by atoms with Crippen LogP contribution in [0.4, 0.5) is 0 Å². The van der Waals surface area contributed by atoms with Crippen LogP contribution >= 0.6 is 0 Å². The largest absolute Gasteiger partial charge is 4.00 e. The van der Waals surface area contributed by atoms with Gasteiger partial charge in [0.1, 0.15) is 0 Å². The van der Waals surface area contributed by atoms with Gasteiger partial charge in [-0.25, -0.2) is 0 Å². The second-order valence-electron chi connectivity index (χ2n) is 8.72. The molecule has 0 bridgehead atoms. The summed E-state index contributed by atoms with van der Waals surface area (Å²) in [5, 5.41) is 0. The van der Waals surface area contributed by atoms with Crippen LogP contribution in [0.2, 0.25) is 0 Å². The zero-order chi connectivity index (χ0) is 24.8. The van der Waals surface area contributed by atoms with E-state index in [1.165, 1.54) is 25.7 Å². The molecular formula is C34H40Ti. The minimum Gasteiger partial charge on any atom is -0.199 e. The van der Waals surface area contributed by atoms with Gasteiger partial charge >= 0.3 is 21.7 Å². The van der Waals surface area contributed by atoms with Crippen molar-refractivity contribution in [1.29, 1.82) is 0 Å². The van der Waals surface area contributed by atoms with Gasteiger partial charge in [0.15, 0.2) is 0 Å². The smallest absolute Gasteiger partial charge is 0.199 e. The van der Waals surface area contributed by atoms with Gasteiger partial charge in [0.25, 0.3) is 0 Å². The Kier molecular flexibility index (Phi) is 14.6. The first kappa shape index (κ1) is 30.4. The molecule has 0 heterocycles. The van der Waals surface area contributed by atoms with Crippen molar-refractivity contribution >= 4 is 0 Å². The van der Waals surface area contributed by atoms with Gasteiger partial charge in [0, 0.05) is 0 Å². The molecule has 0 fully saturated rings. The monoisotopic (exact) mass is 496 g/mol. The quantitative estimate of drug-likeness (QED) is 0.232. The predicted molar refractivity (Wildman–Crippen MR) is 150 cm³/mol. The van der Waals surface area contributed by atoms with Crippen molar-refractivity contribution in [3.8, 4) is 0 Å². The minimum absolute atomic E-state index is 0. The van der Waals surface area contributed by atoms with Gasteiger partial charge in [-0.15, -0.1) is 42.0 Å². The number of benzene rings is 3. The topological polar surface area (TPSA) is 0 Å². The van der Waals surface area contributed by atoms with Gasteiger partial charge in [-0.2, -0.15) is 97.0 Å². The van der Waals surface area contributed by atoms with Crippen LogP contribution in [-0.4, -0.2) is 0 Å². The molecule has 2 aliphatic carbocycles. The Morgan fingerprint density at radius 2 is 1.14 bits per heavy atom. The zero-order valence-corrected chi connectivity index (χ0v) is 23.3. The maximum absolute atomic E-state index is 3.72. The second-order valence-corrected chi connectivity index (χ2v) is 8.72. The molecule has 2 aliphatic rings. The third-order valence-corrected chi connectivity index (χ3v) is 6.19. The maximum atomic E-state index is 3.72. The van der Waals surface area contributed by atoms with E-state index >= 15 is 0 Å². The summed E-state index contributed by atoms with van der Waals surface area (Å²) < 4.78 is 0. The fraction of sp³-hybridized carbons (Fsp3) is 0.235. The molecule has 1 heteroatoms. The van der Waals surface area contributed by atoms with Crippen molar-refractivity contribution in [3.63, 3.8) is 0 Å². The Morgan fingerprint density at radius 3 is 1.43 bits per heavy atom. The Labute approximate surface area is 230 Å². The molecule has 3 aromatic rings. The summed E-state index contributed by atoms with van der Waals surface area (Å²) in [6, 6.07) is 29.6. The van der Waals surface area contributed by atoms with Gasteiger partial charge in [-0.05, 0) is 6.42 Å². The number of hydrogen-bond acceptors (Lipinski definition) is 0. The predicted octanol–water partition coefficient (Wildman–Crippen LogP) is 9.65. The molecule has 0 aromatic heterocycles. The molecule has 0 nitrogen and oxygen atoms in total. The fourth-order valence-corrected chi connectivity index (χ4v) is 4.36. The van der Waals surface area contributed by atoms with Crippen LogP contribution in [-0.2, 0) is 21.7 Å². The van der Waals surface area contributed by atoms with Crippen molar-refractivity contribution < 1.29 is 21.7 Å². The molecule has 0 N–H and O–H groups in total. The Morgan fingerprint density at radius 1 is 0.743 bits per heavy atom. The molecule has 0 saturated heterocycles. The molecule has 5 rings (SSSR count). The summed E-state index contributed by atoms with van der Waals surface area (Å²) in [6.07, 6.45) is 7.68. The summed E-state index contributed by atoms with van der Waals surface area (Å²) in [6.45, 7) is 18.1. The van der Waals surface area contributed by atoms with Crippen molar-refractivity contribution in [2.45, 2.75) is 46.5 Å². The Bertz CT molecular complexity index is 925. The molecule has 1 unspecified atom stereocenters. The summed E-state index contributed by atoms with van der Waals surface area (Å²) in [4.78, 5) is 0. The molecular weight excluding hydrogens is 456 g/mol. The van der Waals surface area contributed by atoms with Gasteiger partial charge in [-0.1, -0.05) is 64.2 Å². The van der Waals surface area contributed by atoms with E-state index < -0.39 is 0 Å². The molecule has 3 aromatic carbocycles. The summed E-state index contributed by atoms with van der Waals surface area (Å²) in [7, 11) is 0. The molecule has 0 spiro atoms. The zero-order valence-electron chi connectivity index (χ0n) is 21.8. The van der Waals surface area contributed by atoms with E-state index in [9.17, 15) is 0 Å². The Hall–Kier alpha value is -2.67. The molecule has 0 radical (unpaired) electrons. The molecule has 0 saturated carbocycles. The average Bonchev–Trinajstić information content (AvgIpc) is 3.11. The number of rotatable bonds is 1. The molecule has 0 amide bonds. The van der Waals surface area contributed by atoms with Crippen LogP contribution in [0.1, 0.15) is 63.1 Å². The first-order chi connectivity index (χ1) is 16.4. The third-order valence-electron chi connectivity index (χ3n) is 6.19. The molecule has 0 aliphatic heterocycles. The normalized spacial score (nSPS) is 15.5. The van der Waals surface area contributed by atoms with Crippen molar-refractivity contribution in [3.05, 3.63) is 157 Å². The van der Waals surface area contributed by atoms with Gasteiger partial charge in [0.05, 0.1) is 0 Å². The summed E-state index contributed by atoms with van der Waals surface area (Å²) in [5.74, 6) is 0.747. The molecule has 35 heavy (non-hydrogen) atoms. The van der Waals surface area contributed by atoms with Crippen molar-refractivity contribution in [2.24, 2.45) is 5.92 Å².